The topological polar surface area (TPSA) is 41.5 Å². The first-order chi connectivity index (χ1) is 9.97. The van der Waals surface area contributed by atoms with Gasteiger partial charge in [-0.15, -0.1) is 0 Å². The summed E-state index contributed by atoms with van der Waals surface area (Å²) < 4.78 is 28.5. The van der Waals surface area contributed by atoms with Gasteiger partial charge in [-0.25, -0.2) is 0 Å². The van der Waals surface area contributed by atoms with Crippen LogP contribution in [0, 0.1) is 5.92 Å². The number of aliphatic hydroxyl groups is 1. The van der Waals surface area contributed by atoms with Gasteiger partial charge >= 0.3 is 6.61 Å². The molecule has 0 amide bonds. The van der Waals surface area contributed by atoms with Crippen molar-refractivity contribution in [2.24, 2.45) is 5.92 Å². The molecule has 0 heterocycles. The smallest absolute Gasteiger partial charge is 0.387 e. The van der Waals surface area contributed by atoms with Gasteiger partial charge in [0, 0.05) is 12.6 Å². The van der Waals surface area contributed by atoms with Crippen LogP contribution in [0.1, 0.15) is 45.2 Å². The van der Waals surface area contributed by atoms with E-state index in [0.29, 0.717) is 12.5 Å². The Morgan fingerprint density at radius 2 is 1.71 bits per heavy atom. The summed E-state index contributed by atoms with van der Waals surface area (Å²) in [6, 6.07) is 6.58. The van der Waals surface area contributed by atoms with Crippen LogP contribution in [0.3, 0.4) is 0 Å². The van der Waals surface area contributed by atoms with E-state index in [0.717, 1.165) is 18.4 Å². The first kappa shape index (κ1) is 17.9. The second kappa shape index (κ2) is 8.95. The molecule has 120 valence electrons. The molecule has 0 bridgehead atoms. The molecule has 0 aliphatic carbocycles. The van der Waals surface area contributed by atoms with Crippen LogP contribution in [0.2, 0.25) is 0 Å². The van der Waals surface area contributed by atoms with E-state index in [-0.39, 0.29) is 17.9 Å². The second-order valence-electron chi connectivity index (χ2n) is 5.22. The molecular weight excluding hydrogens is 276 g/mol. The van der Waals surface area contributed by atoms with E-state index in [9.17, 15) is 13.9 Å². The number of alkyl halides is 2. The lowest BCUT2D eigenvalue weighted by molar-refractivity contribution is -0.0498. The maximum Gasteiger partial charge on any atom is 0.387 e. The summed E-state index contributed by atoms with van der Waals surface area (Å²) in [5, 5.41) is 13.4. The minimum Gasteiger partial charge on any atom is -0.435 e. The average molecular weight is 301 g/mol. The highest BCUT2D eigenvalue weighted by molar-refractivity contribution is 5.28. The zero-order valence-corrected chi connectivity index (χ0v) is 12.9. The molecule has 0 saturated heterocycles. The van der Waals surface area contributed by atoms with Gasteiger partial charge in [0.15, 0.2) is 0 Å². The number of ether oxygens (including phenoxy) is 1. The normalized spacial score (nSPS) is 14.5. The van der Waals surface area contributed by atoms with Crippen LogP contribution < -0.4 is 10.1 Å². The Kier molecular flexibility index (Phi) is 7.61. The van der Waals surface area contributed by atoms with Crippen molar-refractivity contribution < 1.29 is 18.6 Å². The van der Waals surface area contributed by atoms with Crippen LogP contribution in [0.15, 0.2) is 24.3 Å². The summed E-state index contributed by atoms with van der Waals surface area (Å²) in [4.78, 5) is 0. The predicted molar refractivity (Wildman–Crippen MR) is 79.6 cm³/mol. The fourth-order valence-electron chi connectivity index (χ4n) is 2.35. The molecule has 0 aliphatic rings. The molecule has 21 heavy (non-hydrogen) atoms. The van der Waals surface area contributed by atoms with E-state index >= 15 is 0 Å². The molecule has 0 aromatic heterocycles. The van der Waals surface area contributed by atoms with E-state index in [2.05, 4.69) is 23.9 Å². The molecule has 2 unspecified atom stereocenters. The molecule has 0 saturated carbocycles. The van der Waals surface area contributed by atoms with Crippen LogP contribution >= 0.6 is 0 Å². The molecule has 0 spiro atoms. The fraction of sp³-hybridized carbons (Fsp3) is 0.625. The van der Waals surface area contributed by atoms with Gasteiger partial charge in [-0.1, -0.05) is 38.8 Å². The Morgan fingerprint density at radius 1 is 1.14 bits per heavy atom. The fourth-order valence-corrected chi connectivity index (χ4v) is 2.35. The van der Waals surface area contributed by atoms with Crippen molar-refractivity contribution in [3.05, 3.63) is 29.8 Å². The third-order valence-corrected chi connectivity index (χ3v) is 3.83. The molecule has 2 atom stereocenters. The summed E-state index contributed by atoms with van der Waals surface area (Å²) in [6.07, 6.45) is 1.53. The Morgan fingerprint density at radius 3 is 2.19 bits per heavy atom. The largest absolute Gasteiger partial charge is 0.435 e. The highest BCUT2D eigenvalue weighted by Crippen LogP contribution is 2.20. The number of nitrogens with one attached hydrogen (secondary N) is 1. The third-order valence-electron chi connectivity index (χ3n) is 3.83. The van der Waals surface area contributed by atoms with Gasteiger partial charge in [-0.05, 0) is 30.5 Å². The maximum atomic E-state index is 12.1. The molecule has 1 aromatic rings. The third kappa shape index (κ3) is 5.98. The SMILES string of the molecule is CCC(CC)C(O)CNC(C)c1ccc(OC(F)F)cc1. The monoisotopic (exact) mass is 301 g/mol. The highest BCUT2D eigenvalue weighted by Gasteiger charge is 2.16. The Hall–Kier alpha value is -1.20. The number of aliphatic hydroxyl groups excluding tert-OH is 1. The van der Waals surface area contributed by atoms with Crippen LogP contribution in [-0.4, -0.2) is 24.4 Å². The Balaban J connectivity index is 2.50. The van der Waals surface area contributed by atoms with Crippen molar-refractivity contribution in [2.45, 2.75) is 52.4 Å². The van der Waals surface area contributed by atoms with Crippen LogP contribution in [0.4, 0.5) is 8.78 Å². The number of benzene rings is 1. The maximum absolute atomic E-state index is 12.1. The molecule has 0 radical (unpaired) electrons. The molecule has 5 heteroatoms. The van der Waals surface area contributed by atoms with Crippen molar-refractivity contribution >= 4 is 0 Å². The molecule has 3 nitrogen and oxygen atoms in total. The summed E-state index contributed by atoms with van der Waals surface area (Å²) >= 11 is 0. The number of rotatable bonds is 9. The van der Waals surface area contributed by atoms with E-state index < -0.39 is 6.61 Å². The van der Waals surface area contributed by atoms with Crippen molar-refractivity contribution in [3.8, 4) is 5.75 Å². The predicted octanol–water partition coefficient (Wildman–Crippen LogP) is 3.74. The lowest BCUT2D eigenvalue weighted by atomic mass is 9.96. The van der Waals surface area contributed by atoms with Crippen LogP contribution in [-0.2, 0) is 0 Å². The van der Waals surface area contributed by atoms with Gasteiger partial charge in [0.05, 0.1) is 6.10 Å². The minimum absolute atomic E-state index is 0.0367. The van der Waals surface area contributed by atoms with E-state index in [1.165, 1.54) is 12.1 Å². The number of hydrogen-bond donors (Lipinski definition) is 2. The second-order valence-corrected chi connectivity index (χ2v) is 5.22. The van der Waals surface area contributed by atoms with Crippen LogP contribution in [0.5, 0.6) is 5.75 Å². The van der Waals surface area contributed by atoms with Crippen molar-refractivity contribution in [1.29, 1.82) is 0 Å². The summed E-state index contributed by atoms with van der Waals surface area (Å²) in [5.74, 6) is 0.449. The Bertz CT molecular complexity index is 394. The lowest BCUT2D eigenvalue weighted by Gasteiger charge is -2.23. The van der Waals surface area contributed by atoms with Gasteiger partial charge in [0.1, 0.15) is 5.75 Å². The zero-order chi connectivity index (χ0) is 15.8. The molecule has 0 fully saturated rings. The Labute approximate surface area is 125 Å². The molecule has 0 aliphatic heterocycles. The van der Waals surface area contributed by atoms with Crippen molar-refractivity contribution in [1.82, 2.24) is 5.32 Å². The van der Waals surface area contributed by atoms with Gasteiger partial charge < -0.3 is 15.2 Å². The highest BCUT2D eigenvalue weighted by atomic mass is 19.3. The quantitative estimate of drug-likeness (QED) is 0.730. The minimum atomic E-state index is -2.80. The van der Waals surface area contributed by atoms with E-state index in [1.807, 2.05) is 6.92 Å². The molecule has 1 aromatic carbocycles. The van der Waals surface area contributed by atoms with Gasteiger partial charge in [-0.3, -0.25) is 0 Å². The standard InChI is InChI=1S/C16H25F2NO2/c1-4-12(5-2)15(20)10-19-11(3)13-6-8-14(9-7-13)21-16(17)18/h6-9,11-12,15-16,19-20H,4-5,10H2,1-3H3. The van der Waals surface area contributed by atoms with Gasteiger partial charge in [0.2, 0.25) is 0 Å². The van der Waals surface area contributed by atoms with Gasteiger partial charge in [-0.2, -0.15) is 8.78 Å². The zero-order valence-electron chi connectivity index (χ0n) is 12.9. The van der Waals surface area contributed by atoms with E-state index in [1.54, 1.807) is 12.1 Å². The van der Waals surface area contributed by atoms with Crippen molar-refractivity contribution in [3.63, 3.8) is 0 Å². The number of hydrogen-bond acceptors (Lipinski definition) is 3. The molecular formula is C16H25F2NO2. The summed E-state index contributed by atoms with van der Waals surface area (Å²) in [5.41, 5.74) is 0.966. The van der Waals surface area contributed by atoms with Crippen molar-refractivity contribution in [2.75, 3.05) is 6.54 Å². The first-order valence-corrected chi connectivity index (χ1v) is 7.44. The summed E-state index contributed by atoms with van der Waals surface area (Å²) in [6.45, 7) is 3.83. The molecule has 1 rings (SSSR count). The average Bonchev–Trinajstić information content (AvgIpc) is 2.46. The number of halogens is 2. The molecule has 2 N–H and O–H groups in total. The first-order valence-electron chi connectivity index (χ1n) is 7.44. The van der Waals surface area contributed by atoms with E-state index in [4.69, 9.17) is 0 Å². The lowest BCUT2D eigenvalue weighted by Crippen LogP contribution is -2.33. The van der Waals surface area contributed by atoms with Gasteiger partial charge in [0.25, 0.3) is 0 Å². The van der Waals surface area contributed by atoms with Crippen LogP contribution in [0.25, 0.3) is 0 Å². The summed E-state index contributed by atoms with van der Waals surface area (Å²) in [7, 11) is 0.